The highest BCUT2D eigenvalue weighted by atomic mass is 19.3. The SMILES string of the molecule is N#Cc1cc(-c2cc(NC(=O)[C@@H]3C[C@H]3c3cccnc3)ncn2)ccc1O[C@H]1CCN(C(=O)CO)CC1(F)F. The molecule has 5 rings (SSSR count). The summed E-state index contributed by atoms with van der Waals surface area (Å²) >= 11 is 0. The first-order chi connectivity index (χ1) is 18.8. The summed E-state index contributed by atoms with van der Waals surface area (Å²) in [4.78, 5) is 37.7. The highest BCUT2D eigenvalue weighted by Crippen LogP contribution is 2.47. The maximum Gasteiger partial charge on any atom is 0.301 e. The maximum atomic E-state index is 14.7. The van der Waals surface area contributed by atoms with Crippen LogP contribution < -0.4 is 10.1 Å². The number of ether oxygens (including phenoxy) is 1. The highest BCUT2D eigenvalue weighted by molar-refractivity contribution is 5.94. The molecule has 1 aromatic carbocycles. The summed E-state index contributed by atoms with van der Waals surface area (Å²) in [7, 11) is 0. The van der Waals surface area contributed by atoms with E-state index in [2.05, 4.69) is 20.3 Å². The monoisotopic (exact) mass is 534 g/mol. The van der Waals surface area contributed by atoms with Gasteiger partial charge in [0.05, 0.1) is 17.8 Å². The van der Waals surface area contributed by atoms with Crippen LogP contribution in [0.4, 0.5) is 14.6 Å². The Hall–Kier alpha value is -4.50. The number of hydrogen-bond acceptors (Lipinski definition) is 8. The van der Waals surface area contributed by atoms with Gasteiger partial charge in [-0.05, 0) is 42.2 Å². The number of nitriles is 1. The molecule has 0 radical (unpaired) electrons. The molecule has 2 aromatic heterocycles. The van der Waals surface area contributed by atoms with Gasteiger partial charge in [0, 0.05) is 42.9 Å². The number of piperidine rings is 1. The first-order valence-electron chi connectivity index (χ1n) is 12.3. The van der Waals surface area contributed by atoms with E-state index in [4.69, 9.17) is 9.84 Å². The van der Waals surface area contributed by atoms with Crippen molar-refractivity contribution in [1.29, 1.82) is 5.26 Å². The molecule has 2 N–H and O–H groups in total. The van der Waals surface area contributed by atoms with Crippen LogP contribution in [-0.4, -0.2) is 68.5 Å². The van der Waals surface area contributed by atoms with Gasteiger partial charge < -0.3 is 20.1 Å². The van der Waals surface area contributed by atoms with Crippen molar-refractivity contribution in [2.45, 2.75) is 30.8 Å². The first-order valence-corrected chi connectivity index (χ1v) is 12.3. The average Bonchev–Trinajstić information content (AvgIpc) is 3.76. The van der Waals surface area contributed by atoms with Crippen LogP contribution in [0.3, 0.4) is 0 Å². The number of carbonyl (C=O) groups is 2. The van der Waals surface area contributed by atoms with Crippen molar-refractivity contribution in [1.82, 2.24) is 19.9 Å². The minimum absolute atomic E-state index is 0.00110. The normalized spacial score (nSPS) is 21.5. The summed E-state index contributed by atoms with van der Waals surface area (Å²) in [6.45, 7) is -1.72. The zero-order valence-electron chi connectivity index (χ0n) is 20.6. The van der Waals surface area contributed by atoms with Crippen molar-refractivity contribution in [2.75, 3.05) is 25.0 Å². The van der Waals surface area contributed by atoms with Gasteiger partial charge in [0.1, 0.15) is 30.6 Å². The smallest absolute Gasteiger partial charge is 0.301 e. The molecule has 3 aromatic rings. The Morgan fingerprint density at radius 2 is 2.10 bits per heavy atom. The van der Waals surface area contributed by atoms with E-state index >= 15 is 0 Å². The summed E-state index contributed by atoms with van der Waals surface area (Å²) in [6, 6.07) is 11.8. The van der Waals surface area contributed by atoms with E-state index in [9.17, 15) is 23.6 Å². The molecule has 0 bridgehead atoms. The van der Waals surface area contributed by atoms with Crippen molar-refractivity contribution in [3.05, 3.63) is 66.2 Å². The van der Waals surface area contributed by atoms with Crippen molar-refractivity contribution in [3.8, 4) is 23.1 Å². The van der Waals surface area contributed by atoms with Crippen LogP contribution in [0.1, 0.15) is 29.9 Å². The van der Waals surface area contributed by atoms with Crippen LogP contribution >= 0.6 is 0 Å². The molecule has 3 heterocycles. The summed E-state index contributed by atoms with van der Waals surface area (Å²) in [5.74, 6) is -4.11. The summed E-state index contributed by atoms with van der Waals surface area (Å²) in [5, 5.41) is 21.4. The average molecular weight is 535 g/mol. The van der Waals surface area contributed by atoms with Crippen LogP contribution in [0, 0.1) is 17.2 Å². The zero-order valence-corrected chi connectivity index (χ0v) is 20.6. The Kier molecular flexibility index (Phi) is 7.17. The Morgan fingerprint density at radius 1 is 1.26 bits per heavy atom. The molecule has 200 valence electrons. The number of amides is 2. The van der Waals surface area contributed by atoms with E-state index in [-0.39, 0.29) is 42.0 Å². The molecule has 1 aliphatic heterocycles. The maximum absolute atomic E-state index is 14.7. The van der Waals surface area contributed by atoms with Crippen LogP contribution in [0.15, 0.2) is 55.1 Å². The predicted molar refractivity (Wildman–Crippen MR) is 134 cm³/mol. The quantitative estimate of drug-likeness (QED) is 0.471. The van der Waals surface area contributed by atoms with Crippen molar-refractivity contribution in [2.24, 2.45) is 5.92 Å². The Labute approximate surface area is 222 Å². The van der Waals surface area contributed by atoms with Crippen molar-refractivity contribution in [3.63, 3.8) is 0 Å². The number of nitrogens with one attached hydrogen (secondary N) is 1. The number of anilines is 1. The van der Waals surface area contributed by atoms with E-state index in [0.29, 0.717) is 17.1 Å². The second-order valence-electron chi connectivity index (χ2n) is 9.47. The largest absolute Gasteiger partial charge is 0.483 e. The van der Waals surface area contributed by atoms with Crippen molar-refractivity contribution >= 4 is 17.6 Å². The predicted octanol–water partition coefficient (Wildman–Crippen LogP) is 2.76. The number of aliphatic hydroxyl groups is 1. The molecule has 1 saturated heterocycles. The van der Waals surface area contributed by atoms with Crippen LogP contribution in [0.5, 0.6) is 5.75 Å². The van der Waals surface area contributed by atoms with E-state index < -0.39 is 31.1 Å². The third-order valence-corrected chi connectivity index (χ3v) is 6.85. The van der Waals surface area contributed by atoms with Crippen LogP contribution in [0.2, 0.25) is 0 Å². The molecule has 0 unspecified atom stereocenters. The fourth-order valence-electron chi connectivity index (χ4n) is 4.66. The molecule has 10 nitrogen and oxygen atoms in total. The molecule has 3 atom stereocenters. The van der Waals surface area contributed by atoms with Gasteiger partial charge in [0.15, 0.2) is 6.10 Å². The lowest BCUT2D eigenvalue weighted by Crippen LogP contribution is -2.55. The Bertz CT molecular complexity index is 1430. The van der Waals surface area contributed by atoms with Gasteiger partial charge in [-0.15, -0.1) is 0 Å². The molecule has 1 aliphatic carbocycles. The Morgan fingerprint density at radius 3 is 2.82 bits per heavy atom. The topological polar surface area (TPSA) is 141 Å². The van der Waals surface area contributed by atoms with Crippen LogP contribution in [0.25, 0.3) is 11.3 Å². The molecule has 1 saturated carbocycles. The lowest BCUT2D eigenvalue weighted by Gasteiger charge is -2.38. The second kappa shape index (κ2) is 10.7. The number of hydrogen-bond donors (Lipinski definition) is 2. The number of halogens is 2. The van der Waals surface area contributed by atoms with E-state index in [1.54, 1.807) is 24.5 Å². The third kappa shape index (κ3) is 5.68. The van der Waals surface area contributed by atoms with Gasteiger partial charge in [-0.3, -0.25) is 14.6 Å². The molecule has 39 heavy (non-hydrogen) atoms. The Balaban J connectivity index is 1.27. The van der Waals surface area contributed by atoms with E-state index in [1.807, 2.05) is 18.2 Å². The number of aromatic nitrogens is 3. The number of pyridine rings is 1. The fraction of sp³-hybridized carbons (Fsp3) is 0.333. The zero-order chi connectivity index (χ0) is 27.6. The molecule has 2 fully saturated rings. The number of benzene rings is 1. The van der Waals surface area contributed by atoms with Gasteiger partial charge in [-0.25, -0.2) is 18.7 Å². The molecule has 2 amide bonds. The summed E-state index contributed by atoms with van der Waals surface area (Å²) < 4.78 is 34.9. The first kappa shape index (κ1) is 26.1. The standard InChI is InChI=1S/C27H24F2N6O4/c28-27(29)14-35(25(37)13-36)7-5-23(27)39-22-4-3-16(8-18(22)11-30)21-10-24(33-15-32-21)34-26(38)20-9-19(20)17-2-1-6-31-12-17/h1-4,6,8,10,12,15,19-20,23,36H,5,7,9,13-14H2,(H,32,33,34,38)/t19-,20+,23-/m0/s1. The lowest BCUT2D eigenvalue weighted by molar-refractivity contribution is -0.161. The van der Waals surface area contributed by atoms with E-state index in [1.165, 1.54) is 18.5 Å². The molecule has 0 spiro atoms. The van der Waals surface area contributed by atoms with E-state index in [0.717, 1.165) is 16.9 Å². The van der Waals surface area contributed by atoms with Gasteiger partial charge >= 0.3 is 5.92 Å². The molecular formula is C27H24F2N6O4. The number of rotatable bonds is 7. The number of carbonyl (C=O) groups excluding carboxylic acids is 2. The summed E-state index contributed by atoms with van der Waals surface area (Å²) in [6.07, 6.45) is 3.73. The fourth-order valence-corrected chi connectivity index (χ4v) is 4.66. The third-order valence-electron chi connectivity index (χ3n) is 6.85. The number of aliphatic hydroxyl groups excluding tert-OH is 1. The summed E-state index contributed by atoms with van der Waals surface area (Å²) in [5.41, 5.74) is 1.96. The van der Waals surface area contributed by atoms with Crippen LogP contribution in [-0.2, 0) is 9.59 Å². The van der Waals surface area contributed by atoms with Gasteiger partial charge in [-0.2, -0.15) is 5.26 Å². The number of nitrogens with zero attached hydrogens (tertiary/aromatic N) is 5. The lowest BCUT2D eigenvalue weighted by atomic mass is 10.0. The molecular weight excluding hydrogens is 510 g/mol. The second-order valence-corrected chi connectivity index (χ2v) is 9.47. The minimum atomic E-state index is -3.37. The molecule has 12 heteroatoms. The minimum Gasteiger partial charge on any atom is -0.483 e. The molecule has 2 aliphatic rings. The van der Waals surface area contributed by atoms with Crippen molar-refractivity contribution < 1.29 is 28.2 Å². The van der Waals surface area contributed by atoms with Gasteiger partial charge in [0.2, 0.25) is 11.8 Å². The van der Waals surface area contributed by atoms with Gasteiger partial charge in [-0.1, -0.05) is 6.07 Å². The van der Waals surface area contributed by atoms with Gasteiger partial charge in [0.25, 0.3) is 0 Å². The highest BCUT2D eigenvalue weighted by Gasteiger charge is 2.48. The number of likely N-dealkylation sites (tertiary alicyclic amines) is 1. The number of alkyl halides is 2.